The van der Waals surface area contributed by atoms with E-state index in [1.807, 2.05) is 44.2 Å². The molecule has 0 bridgehead atoms. The van der Waals surface area contributed by atoms with Gasteiger partial charge in [-0.05, 0) is 49.1 Å². The molecule has 1 aliphatic rings. The number of benzene rings is 2. The summed E-state index contributed by atoms with van der Waals surface area (Å²) in [5, 5.41) is 0. The fourth-order valence-corrected chi connectivity index (χ4v) is 5.16. The van der Waals surface area contributed by atoms with Gasteiger partial charge in [-0.3, -0.25) is 4.31 Å². The van der Waals surface area contributed by atoms with Crippen LogP contribution in [0.5, 0.6) is 0 Å². The maximum atomic E-state index is 13.0. The fraction of sp³-hybridized carbons (Fsp3) is 0.250. The van der Waals surface area contributed by atoms with Crippen molar-refractivity contribution >= 4 is 31.6 Å². The summed E-state index contributed by atoms with van der Waals surface area (Å²) in [6.45, 7) is 4.29. The lowest BCUT2D eigenvalue weighted by Gasteiger charge is -2.22. The largest absolute Gasteiger partial charge is 0.265 e. The lowest BCUT2D eigenvalue weighted by molar-refractivity contribution is 0.591. The van der Waals surface area contributed by atoms with Crippen LogP contribution in [0.15, 0.2) is 45.8 Å². The first-order valence-corrected chi connectivity index (χ1v) is 9.02. The molecule has 0 unspecified atom stereocenters. The minimum absolute atomic E-state index is 0.368. The summed E-state index contributed by atoms with van der Waals surface area (Å²) >= 11 is 3.36. The molecule has 0 saturated heterocycles. The zero-order valence-corrected chi connectivity index (χ0v) is 14.3. The van der Waals surface area contributed by atoms with Gasteiger partial charge in [0.25, 0.3) is 10.0 Å². The normalized spacial score (nSPS) is 14.3. The Labute approximate surface area is 133 Å². The first-order chi connectivity index (χ1) is 9.91. The second kappa shape index (κ2) is 5.14. The van der Waals surface area contributed by atoms with E-state index in [0.717, 1.165) is 33.3 Å². The highest BCUT2D eigenvalue weighted by Gasteiger charge is 2.32. The van der Waals surface area contributed by atoms with Gasteiger partial charge in [-0.2, -0.15) is 0 Å². The van der Waals surface area contributed by atoms with E-state index in [9.17, 15) is 8.42 Å². The SMILES string of the molecule is Cc1ccc(Br)cc1S(=O)(=O)N1CCc2cccc(C)c21. The van der Waals surface area contributed by atoms with Crippen LogP contribution in [-0.2, 0) is 16.4 Å². The van der Waals surface area contributed by atoms with Crippen molar-refractivity contribution in [2.24, 2.45) is 0 Å². The summed E-state index contributed by atoms with van der Waals surface area (Å²) in [6.07, 6.45) is 0.767. The predicted octanol–water partition coefficient (Wildman–Crippen LogP) is 3.82. The molecule has 3 rings (SSSR count). The molecule has 0 radical (unpaired) electrons. The van der Waals surface area contributed by atoms with E-state index in [-0.39, 0.29) is 0 Å². The standard InChI is InChI=1S/C16H16BrNO2S/c1-11-6-7-14(17)10-15(11)21(19,20)18-9-8-13-5-3-4-12(2)16(13)18/h3-7,10H,8-9H2,1-2H3. The van der Waals surface area contributed by atoms with Crippen molar-refractivity contribution in [1.29, 1.82) is 0 Å². The number of hydrogen-bond donors (Lipinski definition) is 0. The second-order valence-electron chi connectivity index (χ2n) is 5.32. The van der Waals surface area contributed by atoms with Gasteiger partial charge in [-0.25, -0.2) is 8.42 Å². The van der Waals surface area contributed by atoms with E-state index in [4.69, 9.17) is 0 Å². The number of halogens is 1. The highest BCUT2D eigenvalue weighted by molar-refractivity contribution is 9.10. The quantitative estimate of drug-likeness (QED) is 0.811. The molecule has 110 valence electrons. The Bertz CT molecular complexity index is 815. The van der Waals surface area contributed by atoms with Crippen molar-refractivity contribution < 1.29 is 8.42 Å². The molecule has 21 heavy (non-hydrogen) atoms. The van der Waals surface area contributed by atoms with Crippen LogP contribution in [0.1, 0.15) is 16.7 Å². The predicted molar refractivity (Wildman–Crippen MR) is 88.3 cm³/mol. The molecule has 2 aromatic carbocycles. The molecule has 1 aliphatic heterocycles. The molecule has 0 spiro atoms. The maximum absolute atomic E-state index is 13.0. The average Bonchev–Trinajstić information content (AvgIpc) is 2.87. The molecule has 0 atom stereocenters. The maximum Gasteiger partial charge on any atom is 0.264 e. The fourth-order valence-electron chi connectivity index (χ4n) is 2.82. The van der Waals surface area contributed by atoms with Gasteiger partial charge in [0.15, 0.2) is 0 Å². The summed E-state index contributed by atoms with van der Waals surface area (Å²) < 4.78 is 28.4. The third kappa shape index (κ3) is 2.38. The minimum Gasteiger partial charge on any atom is -0.265 e. The van der Waals surface area contributed by atoms with E-state index >= 15 is 0 Å². The molecule has 0 aromatic heterocycles. The molecule has 1 heterocycles. The van der Waals surface area contributed by atoms with Crippen LogP contribution in [0.4, 0.5) is 5.69 Å². The Morgan fingerprint density at radius 3 is 2.62 bits per heavy atom. The van der Waals surface area contributed by atoms with E-state index in [1.165, 1.54) is 0 Å². The molecule has 0 saturated carbocycles. The van der Waals surface area contributed by atoms with E-state index in [2.05, 4.69) is 15.9 Å². The smallest absolute Gasteiger partial charge is 0.264 e. The van der Waals surface area contributed by atoms with Crippen LogP contribution >= 0.6 is 15.9 Å². The minimum atomic E-state index is -3.52. The van der Waals surface area contributed by atoms with Crippen molar-refractivity contribution in [2.75, 3.05) is 10.8 Å². The van der Waals surface area contributed by atoms with E-state index < -0.39 is 10.0 Å². The van der Waals surface area contributed by atoms with Crippen LogP contribution in [0.3, 0.4) is 0 Å². The number of rotatable bonds is 2. The van der Waals surface area contributed by atoms with Gasteiger partial charge in [0.05, 0.1) is 10.6 Å². The van der Waals surface area contributed by atoms with Gasteiger partial charge in [0, 0.05) is 11.0 Å². The van der Waals surface area contributed by atoms with E-state index in [1.54, 1.807) is 10.4 Å². The van der Waals surface area contributed by atoms with Gasteiger partial charge in [-0.1, -0.05) is 40.2 Å². The van der Waals surface area contributed by atoms with Crippen LogP contribution in [0, 0.1) is 13.8 Å². The Balaban J connectivity index is 2.16. The van der Waals surface area contributed by atoms with Crippen molar-refractivity contribution in [2.45, 2.75) is 25.2 Å². The average molecular weight is 366 g/mol. The highest BCUT2D eigenvalue weighted by Crippen LogP contribution is 2.36. The Morgan fingerprint density at radius 2 is 1.86 bits per heavy atom. The van der Waals surface area contributed by atoms with Crippen LogP contribution in [-0.4, -0.2) is 15.0 Å². The molecule has 2 aromatic rings. The topological polar surface area (TPSA) is 37.4 Å². The van der Waals surface area contributed by atoms with E-state index in [0.29, 0.717) is 11.4 Å². The molecule has 0 fully saturated rings. The molecule has 0 N–H and O–H groups in total. The van der Waals surface area contributed by atoms with Crippen molar-refractivity contribution in [3.05, 3.63) is 57.6 Å². The number of fused-ring (bicyclic) bond motifs is 1. The van der Waals surface area contributed by atoms with Crippen LogP contribution < -0.4 is 4.31 Å². The molecule has 0 aliphatic carbocycles. The summed E-state index contributed by atoms with van der Waals surface area (Å²) in [5.41, 5.74) is 3.71. The first kappa shape index (κ1) is 14.6. The van der Waals surface area contributed by atoms with Gasteiger partial charge >= 0.3 is 0 Å². The number of aryl methyl sites for hydroxylation is 2. The molecular weight excluding hydrogens is 350 g/mol. The third-order valence-electron chi connectivity index (χ3n) is 3.87. The lowest BCUT2D eigenvalue weighted by Crippen LogP contribution is -2.30. The highest BCUT2D eigenvalue weighted by atomic mass is 79.9. The Morgan fingerprint density at radius 1 is 1.10 bits per heavy atom. The summed E-state index contributed by atoms with van der Waals surface area (Å²) in [7, 11) is -3.52. The zero-order chi connectivity index (χ0) is 15.2. The van der Waals surface area contributed by atoms with Crippen LogP contribution in [0.2, 0.25) is 0 Å². The number of nitrogens with zero attached hydrogens (tertiary/aromatic N) is 1. The monoisotopic (exact) mass is 365 g/mol. The van der Waals surface area contributed by atoms with Crippen LogP contribution in [0.25, 0.3) is 0 Å². The first-order valence-electron chi connectivity index (χ1n) is 6.78. The summed E-state index contributed by atoms with van der Waals surface area (Å²) in [5.74, 6) is 0. The molecular formula is C16H16BrNO2S. The van der Waals surface area contributed by atoms with Crippen molar-refractivity contribution in [1.82, 2.24) is 0 Å². The zero-order valence-electron chi connectivity index (χ0n) is 11.9. The van der Waals surface area contributed by atoms with Gasteiger partial charge < -0.3 is 0 Å². The number of sulfonamides is 1. The Kier molecular flexibility index (Phi) is 3.58. The van der Waals surface area contributed by atoms with Gasteiger partial charge in [0.2, 0.25) is 0 Å². The van der Waals surface area contributed by atoms with Crippen molar-refractivity contribution in [3.63, 3.8) is 0 Å². The molecule has 5 heteroatoms. The summed E-state index contributed by atoms with van der Waals surface area (Å²) in [4.78, 5) is 0.368. The number of hydrogen-bond acceptors (Lipinski definition) is 2. The second-order valence-corrected chi connectivity index (χ2v) is 8.07. The summed E-state index contributed by atoms with van der Waals surface area (Å²) in [6, 6.07) is 11.3. The van der Waals surface area contributed by atoms with Gasteiger partial charge in [-0.15, -0.1) is 0 Å². The number of anilines is 1. The van der Waals surface area contributed by atoms with Crippen molar-refractivity contribution in [3.8, 4) is 0 Å². The Hall–Kier alpha value is -1.33. The third-order valence-corrected chi connectivity index (χ3v) is 6.31. The molecule has 3 nitrogen and oxygen atoms in total. The number of para-hydroxylation sites is 1. The molecule has 0 amide bonds. The van der Waals surface area contributed by atoms with Gasteiger partial charge in [0.1, 0.15) is 0 Å². The lowest BCUT2D eigenvalue weighted by atomic mass is 10.1.